The Kier molecular flexibility index (Phi) is 8.60. The van der Waals surface area contributed by atoms with Crippen LogP contribution in [0.25, 0.3) is 16.7 Å². The topological polar surface area (TPSA) is 145 Å². The van der Waals surface area contributed by atoms with Crippen LogP contribution >= 0.6 is 0 Å². The summed E-state index contributed by atoms with van der Waals surface area (Å²) in [4.78, 5) is 45.9. The molecular formula is C26H26N6O5. The lowest BCUT2D eigenvalue weighted by Crippen LogP contribution is -2.30. The quantitative estimate of drug-likeness (QED) is 0.144. The third kappa shape index (κ3) is 5.76. The molecule has 0 aliphatic heterocycles. The van der Waals surface area contributed by atoms with Crippen molar-refractivity contribution in [1.29, 1.82) is 5.26 Å². The van der Waals surface area contributed by atoms with Gasteiger partial charge in [0, 0.05) is 38.1 Å². The van der Waals surface area contributed by atoms with E-state index >= 15 is 0 Å². The lowest BCUT2D eigenvalue weighted by atomic mass is 10.1. The van der Waals surface area contributed by atoms with Gasteiger partial charge >= 0.3 is 0 Å². The van der Waals surface area contributed by atoms with Crippen molar-refractivity contribution >= 4 is 22.6 Å². The molecule has 0 radical (unpaired) electrons. The highest BCUT2D eigenvalue weighted by Gasteiger charge is 2.18. The number of carbonyl (C=O) groups is 1. The predicted molar refractivity (Wildman–Crippen MR) is 137 cm³/mol. The summed E-state index contributed by atoms with van der Waals surface area (Å²) in [7, 11) is 1.55. The van der Waals surface area contributed by atoms with Gasteiger partial charge in [-0.2, -0.15) is 10.3 Å². The minimum atomic E-state index is -0.686. The van der Waals surface area contributed by atoms with Gasteiger partial charge in [-0.1, -0.05) is 24.8 Å². The van der Waals surface area contributed by atoms with E-state index in [9.17, 15) is 25.0 Å². The fourth-order valence-corrected chi connectivity index (χ4v) is 3.86. The maximum Gasteiger partial charge on any atom is 0.268 e. The van der Waals surface area contributed by atoms with Gasteiger partial charge in [0.15, 0.2) is 5.49 Å². The molecule has 0 aliphatic rings. The molecule has 3 heterocycles. The van der Waals surface area contributed by atoms with Crippen molar-refractivity contribution in [2.24, 2.45) is 4.99 Å². The maximum absolute atomic E-state index is 13.3. The number of hydrogen-bond acceptors (Lipinski definition) is 7. The van der Waals surface area contributed by atoms with Crippen molar-refractivity contribution in [3.8, 4) is 6.07 Å². The first-order valence-corrected chi connectivity index (χ1v) is 11.4. The van der Waals surface area contributed by atoms with Crippen LogP contribution in [0.1, 0.15) is 30.9 Å². The number of ether oxygens (including phenoxy) is 1. The second-order valence-electron chi connectivity index (χ2n) is 8.23. The summed E-state index contributed by atoms with van der Waals surface area (Å²) in [5.74, 6) is -0.686. The van der Waals surface area contributed by atoms with Gasteiger partial charge in [-0.05, 0) is 38.0 Å². The molecule has 3 aromatic rings. The average Bonchev–Trinajstić information content (AvgIpc) is 2.86. The molecule has 0 saturated heterocycles. The molecule has 0 N–H and O–H groups in total. The number of pyridine rings is 2. The second-order valence-corrected chi connectivity index (χ2v) is 8.23. The Morgan fingerprint density at radius 2 is 2.16 bits per heavy atom. The van der Waals surface area contributed by atoms with Crippen molar-refractivity contribution < 1.29 is 14.5 Å². The van der Waals surface area contributed by atoms with Crippen LogP contribution in [0.3, 0.4) is 0 Å². The van der Waals surface area contributed by atoms with Crippen LogP contribution in [-0.4, -0.2) is 38.5 Å². The van der Waals surface area contributed by atoms with Crippen LogP contribution in [0.15, 0.2) is 70.3 Å². The Morgan fingerprint density at radius 1 is 1.41 bits per heavy atom. The minimum Gasteiger partial charge on any atom is -0.385 e. The number of nitro groups is 1. The summed E-state index contributed by atoms with van der Waals surface area (Å²) in [6.07, 6.45) is 5.80. The Balaban J connectivity index is 2.30. The summed E-state index contributed by atoms with van der Waals surface area (Å²) < 4.78 is 8.12. The molecule has 0 bridgehead atoms. The van der Waals surface area contributed by atoms with Crippen molar-refractivity contribution in [3.63, 3.8) is 0 Å². The second kappa shape index (κ2) is 11.8. The molecule has 11 nitrogen and oxygen atoms in total. The zero-order valence-corrected chi connectivity index (χ0v) is 20.8. The highest BCUT2D eigenvalue weighted by atomic mass is 16.6. The van der Waals surface area contributed by atoms with E-state index in [-0.39, 0.29) is 51.9 Å². The molecule has 0 aromatic carbocycles. The molecule has 0 spiro atoms. The van der Waals surface area contributed by atoms with Crippen molar-refractivity contribution in [2.45, 2.75) is 33.2 Å². The van der Waals surface area contributed by atoms with Gasteiger partial charge in [0.25, 0.3) is 17.2 Å². The standard InChI is InChI=1S/C26H26N6O5/c1-5-6-10-21(32(35)36)18(3)14-22(33)28-24-19(16-27)15-20-25(30(24)12-8-13-37-4)29-23-17(2)9-7-11-31(23)26(20)34/h5-7,9-11,15H,1,8,12-14H2,2-4H3/b10-6-,21-18+,28-24?. The highest BCUT2D eigenvalue weighted by molar-refractivity contribution is 5.81. The number of hydrogen-bond donors (Lipinski definition) is 0. The van der Waals surface area contributed by atoms with Crippen LogP contribution in [0.5, 0.6) is 0 Å². The predicted octanol–water partition coefficient (Wildman–Crippen LogP) is 2.98. The number of methoxy groups -OCH3 is 1. The average molecular weight is 503 g/mol. The molecule has 37 heavy (non-hydrogen) atoms. The molecule has 190 valence electrons. The summed E-state index contributed by atoms with van der Waals surface area (Å²) in [5, 5.41) is 21.5. The van der Waals surface area contributed by atoms with E-state index in [0.717, 1.165) is 5.56 Å². The first-order valence-electron chi connectivity index (χ1n) is 11.4. The zero-order valence-electron chi connectivity index (χ0n) is 20.8. The van der Waals surface area contributed by atoms with Gasteiger partial charge in [0.1, 0.15) is 17.4 Å². The molecule has 11 heteroatoms. The number of aryl methyl sites for hydroxylation is 2. The minimum absolute atomic E-state index is 0.00690. The van der Waals surface area contributed by atoms with E-state index in [1.54, 1.807) is 23.9 Å². The number of fused-ring (bicyclic) bond motifs is 2. The fraction of sp³-hybridized carbons (Fsp3) is 0.269. The SMILES string of the molecule is C=C/C=C\C(=C(\C)CC(=O)N=c1c(C#N)cc2c(=O)n3cccc(C)c3nc2n1CCCOC)[N+](=O)[O-]. The third-order valence-electron chi connectivity index (χ3n) is 5.63. The smallest absolute Gasteiger partial charge is 0.268 e. The molecule has 0 fully saturated rings. The monoisotopic (exact) mass is 502 g/mol. The van der Waals surface area contributed by atoms with Gasteiger partial charge in [-0.3, -0.25) is 24.1 Å². The van der Waals surface area contributed by atoms with E-state index in [4.69, 9.17) is 9.72 Å². The Labute approximate surface area is 212 Å². The summed E-state index contributed by atoms with van der Waals surface area (Å²) >= 11 is 0. The van der Waals surface area contributed by atoms with Crippen LogP contribution in [0.2, 0.25) is 0 Å². The molecule has 0 aliphatic carbocycles. The van der Waals surface area contributed by atoms with Crippen LogP contribution in [-0.2, 0) is 16.1 Å². The summed E-state index contributed by atoms with van der Waals surface area (Å²) in [5.41, 5.74) is 1.10. The Morgan fingerprint density at radius 3 is 2.81 bits per heavy atom. The molecule has 0 unspecified atom stereocenters. The number of amides is 1. The first kappa shape index (κ1) is 26.9. The normalized spacial score (nSPS) is 12.6. The first-order chi connectivity index (χ1) is 17.7. The molecule has 3 rings (SSSR count). The molecule has 0 saturated carbocycles. The maximum atomic E-state index is 13.3. The lowest BCUT2D eigenvalue weighted by Gasteiger charge is -2.14. The summed E-state index contributed by atoms with van der Waals surface area (Å²) in [6, 6.07) is 6.94. The largest absolute Gasteiger partial charge is 0.385 e. The fourth-order valence-electron chi connectivity index (χ4n) is 3.86. The van der Waals surface area contributed by atoms with Gasteiger partial charge in [-0.25, -0.2) is 4.98 Å². The lowest BCUT2D eigenvalue weighted by molar-refractivity contribution is -0.420. The number of aromatic nitrogens is 3. The van der Waals surface area contributed by atoms with Crippen molar-refractivity contribution in [3.05, 3.63) is 97.6 Å². The van der Waals surface area contributed by atoms with Gasteiger partial charge < -0.3 is 9.30 Å². The molecule has 0 atom stereocenters. The number of carbonyl (C=O) groups excluding carboxylic acids is 1. The molecule has 3 aromatic heterocycles. The Hall–Kier alpha value is -4.69. The summed E-state index contributed by atoms with van der Waals surface area (Å²) in [6.45, 7) is 7.43. The van der Waals surface area contributed by atoms with E-state index in [1.807, 2.05) is 19.1 Å². The molecule has 1 amide bonds. The van der Waals surface area contributed by atoms with E-state index in [0.29, 0.717) is 18.7 Å². The van der Waals surface area contributed by atoms with Crippen molar-refractivity contribution in [1.82, 2.24) is 14.0 Å². The number of nitrogens with zero attached hydrogens (tertiary/aromatic N) is 6. The third-order valence-corrected chi connectivity index (χ3v) is 5.63. The van der Waals surface area contributed by atoms with Crippen LogP contribution in [0, 0.1) is 28.4 Å². The van der Waals surface area contributed by atoms with Gasteiger partial charge in [0.05, 0.1) is 22.3 Å². The highest BCUT2D eigenvalue weighted by Crippen LogP contribution is 2.14. The number of allylic oxidation sites excluding steroid dienone is 3. The molecular weight excluding hydrogens is 476 g/mol. The van der Waals surface area contributed by atoms with E-state index in [1.165, 1.54) is 35.6 Å². The zero-order chi connectivity index (χ0) is 27.1. The van der Waals surface area contributed by atoms with Crippen LogP contribution < -0.4 is 11.0 Å². The van der Waals surface area contributed by atoms with E-state index in [2.05, 4.69) is 11.6 Å². The van der Waals surface area contributed by atoms with E-state index < -0.39 is 10.8 Å². The van der Waals surface area contributed by atoms with Crippen LogP contribution in [0.4, 0.5) is 0 Å². The van der Waals surface area contributed by atoms with Gasteiger partial charge in [-0.15, -0.1) is 0 Å². The van der Waals surface area contributed by atoms with Crippen molar-refractivity contribution in [2.75, 3.05) is 13.7 Å². The van der Waals surface area contributed by atoms with Gasteiger partial charge in [0.2, 0.25) is 0 Å². The number of rotatable bonds is 9. The number of nitriles is 1. The Bertz CT molecular complexity index is 1640.